The molecule has 1 aromatic rings. The van der Waals surface area contributed by atoms with Crippen molar-refractivity contribution in [1.29, 1.82) is 0 Å². The Labute approximate surface area is 143 Å². The van der Waals surface area contributed by atoms with Crippen molar-refractivity contribution >= 4 is 0 Å². The first-order valence-corrected chi connectivity index (χ1v) is 8.95. The lowest BCUT2D eigenvalue weighted by molar-refractivity contribution is 0.0955. The van der Waals surface area contributed by atoms with Gasteiger partial charge in [0.2, 0.25) is 0 Å². The van der Waals surface area contributed by atoms with Crippen LogP contribution in [-0.2, 0) is 0 Å². The standard InChI is InChI=1S/C21H36O2/c1-10-11-17(15(2)3)16-12-13-18(22-20(4,5)6)19(14-16)23-21(7,8)9/h12-15,17H,10-11H2,1-9H3. The molecule has 2 nitrogen and oxygen atoms in total. The predicted octanol–water partition coefficient (Wildman–Crippen LogP) is 6.58. The third kappa shape index (κ3) is 6.85. The highest BCUT2D eigenvalue weighted by Crippen LogP contribution is 2.38. The molecule has 0 radical (unpaired) electrons. The number of hydrogen-bond acceptors (Lipinski definition) is 2. The van der Waals surface area contributed by atoms with Crippen LogP contribution in [0, 0.1) is 5.92 Å². The van der Waals surface area contributed by atoms with E-state index in [1.807, 2.05) is 0 Å². The molecule has 0 saturated heterocycles. The minimum absolute atomic E-state index is 0.238. The molecule has 132 valence electrons. The summed E-state index contributed by atoms with van der Waals surface area (Å²) in [6.07, 6.45) is 2.39. The Morgan fingerprint density at radius 2 is 1.39 bits per heavy atom. The van der Waals surface area contributed by atoms with Gasteiger partial charge in [0, 0.05) is 0 Å². The molecule has 0 saturated carbocycles. The Morgan fingerprint density at radius 3 is 1.83 bits per heavy atom. The molecule has 0 heterocycles. The summed E-state index contributed by atoms with van der Waals surface area (Å²) >= 11 is 0. The van der Waals surface area contributed by atoms with E-state index in [1.54, 1.807) is 0 Å². The van der Waals surface area contributed by atoms with E-state index in [2.05, 4.69) is 80.5 Å². The molecule has 1 atom stereocenters. The van der Waals surface area contributed by atoms with E-state index in [-0.39, 0.29) is 11.2 Å². The van der Waals surface area contributed by atoms with E-state index in [0.717, 1.165) is 11.5 Å². The molecule has 0 fully saturated rings. The first kappa shape index (κ1) is 19.9. The van der Waals surface area contributed by atoms with Crippen molar-refractivity contribution < 1.29 is 9.47 Å². The average Bonchev–Trinajstić information content (AvgIpc) is 2.34. The van der Waals surface area contributed by atoms with Crippen molar-refractivity contribution in [3.63, 3.8) is 0 Å². The number of ether oxygens (including phenoxy) is 2. The summed E-state index contributed by atoms with van der Waals surface area (Å²) in [5, 5.41) is 0. The lowest BCUT2D eigenvalue weighted by Gasteiger charge is -2.29. The van der Waals surface area contributed by atoms with Crippen LogP contribution in [0.15, 0.2) is 18.2 Å². The van der Waals surface area contributed by atoms with Crippen LogP contribution < -0.4 is 9.47 Å². The van der Waals surface area contributed by atoms with Gasteiger partial charge in [0.1, 0.15) is 11.2 Å². The van der Waals surface area contributed by atoms with Gasteiger partial charge in [-0.15, -0.1) is 0 Å². The third-order valence-corrected chi connectivity index (χ3v) is 3.63. The van der Waals surface area contributed by atoms with Gasteiger partial charge in [-0.1, -0.05) is 33.3 Å². The van der Waals surface area contributed by atoms with Crippen molar-refractivity contribution in [2.24, 2.45) is 5.92 Å². The minimum Gasteiger partial charge on any atom is -0.484 e. The van der Waals surface area contributed by atoms with Crippen LogP contribution in [0.4, 0.5) is 0 Å². The Balaban J connectivity index is 3.24. The van der Waals surface area contributed by atoms with Crippen LogP contribution in [-0.4, -0.2) is 11.2 Å². The third-order valence-electron chi connectivity index (χ3n) is 3.63. The molecule has 1 rings (SSSR count). The zero-order chi connectivity index (χ0) is 17.8. The molecular formula is C21H36O2. The van der Waals surface area contributed by atoms with Gasteiger partial charge >= 0.3 is 0 Å². The van der Waals surface area contributed by atoms with Crippen LogP contribution in [0.2, 0.25) is 0 Å². The van der Waals surface area contributed by atoms with Gasteiger partial charge in [-0.3, -0.25) is 0 Å². The maximum atomic E-state index is 6.20. The molecule has 0 aliphatic carbocycles. The molecule has 0 amide bonds. The normalized spacial score (nSPS) is 14.0. The molecule has 0 aliphatic heterocycles. The van der Waals surface area contributed by atoms with Crippen LogP contribution >= 0.6 is 0 Å². The van der Waals surface area contributed by atoms with E-state index in [1.165, 1.54) is 18.4 Å². The van der Waals surface area contributed by atoms with Crippen LogP contribution in [0.5, 0.6) is 11.5 Å². The van der Waals surface area contributed by atoms with Gasteiger partial charge in [-0.25, -0.2) is 0 Å². The van der Waals surface area contributed by atoms with E-state index < -0.39 is 0 Å². The highest BCUT2D eigenvalue weighted by Gasteiger charge is 2.22. The summed E-state index contributed by atoms with van der Waals surface area (Å²) in [4.78, 5) is 0. The second-order valence-electron chi connectivity index (χ2n) is 8.77. The largest absolute Gasteiger partial charge is 0.484 e. The quantitative estimate of drug-likeness (QED) is 0.589. The fraction of sp³-hybridized carbons (Fsp3) is 0.714. The smallest absolute Gasteiger partial charge is 0.162 e. The predicted molar refractivity (Wildman–Crippen MR) is 99.7 cm³/mol. The Bertz CT molecular complexity index is 490. The molecule has 0 aliphatic rings. The Morgan fingerprint density at radius 1 is 0.870 bits per heavy atom. The number of hydrogen-bond donors (Lipinski definition) is 0. The van der Waals surface area contributed by atoms with E-state index in [0.29, 0.717) is 11.8 Å². The van der Waals surface area contributed by atoms with Crippen molar-refractivity contribution in [3.05, 3.63) is 23.8 Å². The van der Waals surface area contributed by atoms with Crippen molar-refractivity contribution in [3.8, 4) is 11.5 Å². The van der Waals surface area contributed by atoms with Gasteiger partial charge < -0.3 is 9.47 Å². The summed E-state index contributed by atoms with van der Waals surface area (Å²) < 4.78 is 12.3. The fourth-order valence-corrected chi connectivity index (χ4v) is 2.78. The van der Waals surface area contributed by atoms with Crippen LogP contribution in [0.3, 0.4) is 0 Å². The molecule has 0 aromatic heterocycles. The van der Waals surface area contributed by atoms with E-state index >= 15 is 0 Å². The monoisotopic (exact) mass is 320 g/mol. The fourth-order valence-electron chi connectivity index (χ4n) is 2.78. The lowest BCUT2D eigenvalue weighted by atomic mass is 9.85. The van der Waals surface area contributed by atoms with Gasteiger partial charge in [0.05, 0.1) is 0 Å². The van der Waals surface area contributed by atoms with Gasteiger partial charge in [-0.2, -0.15) is 0 Å². The molecule has 0 spiro atoms. The SMILES string of the molecule is CCCC(c1ccc(OC(C)(C)C)c(OC(C)(C)C)c1)C(C)C. The summed E-state index contributed by atoms with van der Waals surface area (Å²) in [6, 6.07) is 6.47. The highest BCUT2D eigenvalue weighted by atomic mass is 16.5. The molecule has 1 unspecified atom stereocenters. The van der Waals surface area contributed by atoms with Crippen molar-refractivity contribution in [1.82, 2.24) is 0 Å². The summed E-state index contributed by atoms with van der Waals surface area (Å²) in [5.74, 6) is 2.86. The van der Waals surface area contributed by atoms with Crippen LogP contribution in [0.25, 0.3) is 0 Å². The first-order chi connectivity index (χ1) is 10.4. The topological polar surface area (TPSA) is 18.5 Å². The molecule has 2 heteroatoms. The zero-order valence-electron chi connectivity index (χ0n) is 16.6. The molecule has 0 N–H and O–H groups in total. The Kier molecular flexibility index (Phi) is 6.56. The Hall–Kier alpha value is -1.18. The number of benzene rings is 1. The summed E-state index contributed by atoms with van der Waals surface area (Å²) in [5.41, 5.74) is 0.868. The second-order valence-corrected chi connectivity index (χ2v) is 8.77. The number of rotatable bonds is 6. The van der Waals surface area contributed by atoms with Crippen molar-refractivity contribution in [2.45, 2.75) is 92.3 Å². The minimum atomic E-state index is -0.243. The summed E-state index contributed by atoms with van der Waals surface area (Å²) in [6.45, 7) is 19.3. The van der Waals surface area contributed by atoms with E-state index in [4.69, 9.17) is 9.47 Å². The lowest BCUT2D eigenvalue weighted by Crippen LogP contribution is -2.26. The van der Waals surface area contributed by atoms with Crippen LogP contribution in [0.1, 0.15) is 86.6 Å². The molecule has 23 heavy (non-hydrogen) atoms. The molecule has 0 bridgehead atoms. The maximum absolute atomic E-state index is 6.20. The van der Waals surface area contributed by atoms with E-state index in [9.17, 15) is 0 Å². The van der Waals surface area contributed by atoms with Crippen molar-refractivity contribution in [2.75, 3.05) is 0 Å². The maximum Gasteiger partial charge on any atom is 0.162 e. The summed E-state index contributed by atoms with van der Waals surface area (Å²) in [7, 11) is 0. The second kappa shape index (κ2) is 7.59. The molecule has 1 aromatic carbocycles. The first-order valence-electron chi connectivity index (χ1n) is 8.95. The highest BCUT2D eigenvalue weighted by molar-refractivity contribution is 5.45. The van der Waals surface area contributed by atoms with Gasteiger partial charge in [0.25, 0.3) is 0 Å². The van der Waals surface area contributed by atoms with Gasteiger partial charge in [0.15, 0.2) is 11.5 Å². The zero-order valence-corrected chi connectivity index (χ0v) is 16.6. The molecular weight excluding hydrogens is 284 g/mol. The van der Waals surface area contributed by atoms with Gasteiger partial charge in [-0.05, 0) is 77.5 Å². The average molecular weight is 321 g/mol.